The first-order valence-corrected chi connectivity index (χ1v) is 7.76. The van der Waals surface area contributed by atoms with Gasteiger partial charge in [-0.25, -0.2) is 0 Å². The summed E-state index contributed by atoms with van der Waals surface area (Å²) in [4.78, 5) is 0. The fraction of sp³-hybridized carbons (Fsp3) is 0.368. The van der Waals surface area contributed by atoms with Gasteiger partial charge in [-0.05, 0) is 43.0 Å². The van der Waals surface area contributed by atoms with Crippen molar-refractivity contribution in [2.24, 2.45) is 0 Å². The highest BCUT2D eigenvalue weighted by Crippen LogP contribution is 2.36. The molecule has 4 nitrogen and oxygen atoms in total. The third-order valence-electron chi connectivity index (χ3n) is 3.85. The van der Waals surface area contributed by atoms with Crippen LogP contribution in [0.5, 0.6) is 23.0 Å². The lowest BCUT2D eigenvalue weighted by atomic mass is 9.92. The third kappa shape index (κ3) is 3.89. The molecule has 0 fully saturated rings. The lowest BCUT2D eigenvalue weighted by Crippen LogP contribution is -2.01. The van der Waals surface area contributed by atoms with Crippen LogP contribution in [0.25, 0.3) is 0 Å². The second-order valence-corrected chi connectivity index (χ2v) is 5.42. The van der Waals surface area contributed by atoms with E-state index in [4.69, 9.17) is 14.2 Å². The molecule has 2 rings (SSSR count). The Labute approximate surface area is 137 Å². The molecule has 2 aromatic carbocycles. The molecule has 0 saturated carbocycles. The van der Waals surface area contributed by atoms with Crippen molar-refractivity contribution in [2.45, 2.75) is 26.2 Å². The summed E-state index contributed by atoms with van der Waals surface area (Å²) < 4.78 is 16.1. The van der Waals surface area contributed by atoms with Crippen LogP contribution in [0, 0.1) is 0 Å². The monoisotopic (exact) mass is 316 g/mol. The number of phenols is 1. The largest absolute Gasteiger partial charge is 0.504 e. The summed E-state index contributed by atoms with van der Waals surface area (Å²) >= 11 is 0. The van der Waals surface area contributed by atoms with E-state index in [0.29, 0.717) is 12.4 Å². The van der Waals surface area contributed by atoms with Gasteiger partial charge in [-0.2, -0.15) is 0 Å². The van der Waals surface area contributed by atoms with E-state index in [1.165, 1.54) is 0 Å². The zero-order chi connectivity index (χ0) is 16.8. The predicted molar refractivity (Wildman–Crippen MR) is 90.9 cm³/mol. The minimum Gasteiger partial charge on any atom is -0.504 e. The Hall–Kier alpha value is -2.36. The van der Waals surface area contributed by atoms with Gasteiger partial charge in [-0.1, -0.05) is 25.1 Å². The summed E-state index contributed by atoms with van der Waals surface area (Å²) in [6.45, 7) is 4.63. The van der Waals surface area contributed by atoms with Crippen molar-refractivity contribution >= 4 is 0 Å². The average Bonchev–Trinajstić information content (AvgIpc) is 2.56. The first kappa shape index (κ1) is 17.0. The molecule has 23 heavy (non-hydrogen) atoms. The van der Waals surface area contributed by atoms with Gasteiger partial charge in [-0.3, -0.25) is 0 Å². The van der Waals surface area contributed by atoms with Gasteiger partial charge in [0, 0.05) is 5.56 Å². The van der Waals surface area contributed by atoms with Gasteiger partial charge >= 0.3 is 0 Å². The lowest BCUT2D eigenvalue weighted by molar-refractivity contribution is 0.310. The number of aromatic hydroxyl groups is 1. The molecule has 0 radical (unpaired) electrons. The average molecular weight is 316 g/mol. The van der Waals surface area contributed by atoms with Crippen LogP contribution in [0.1, 0.15) is 30.9 Å². The van der Waals surface area contributed by atoms with Crippen LogP contribution in [0.2, 0.25) is 0 Å². The standard InChI is InChI=1S/C19H24O4/c1-5-23-16-10-9-14(12-18(16)22-4)11-13(2)15-7-6-8-17(21-3)19(15)20/h6-10,12-13,20H,5,11H2,1-4H3. The van der Waals surface area contributed by atoms with Crippen LogP contribution in [0.4, 0.5) is 0 Å². The SMILES string of the molecule is CCOc1ccc(CC(C)c2cccc(OC)c2O)cc1OC. The number of benzene rings is 2. The molecule has 0 aliphatic rings. The smallest absolute Gasteiger partial charge is 0.161 e. The Morgan fingerprint density at radius 1 is 1.00 bits per heavy atom. The van der Waals surface area contributed by atoms with E-state index in [1.807, 2.05) is 37.3 Å². The second-order valence-electron chi connectivity index (χ2n) is 5.42. The number of hydrogen-bond donors (Lipinski definition) is 1. The Morgan fingerprint density at radius 3 is 2.39 bits per heavy atom. The minimum absolute atomic E-state index is 0.146. The summed E-state index contributed by atoms with van der Waals surface area (Å²) in [6.07, 6.45) is 0.781. The molecule has 1 unspecified atom stereocenters. The maximum absolute atomic E-state index is 10.3. The van der Waals surface area contributed by atoms with Crippen LogP contribution in [-0.2, 0) is 6.42 Å². The van der Waals surface area contributed by atoms with Crippen molar-refractivity contribution in [3.63, 3.8) is 0 Å². The van der Waals surface area contributed by atoms with Crippen molar-refractivity contribution in [1.29, 1.82) is 0 Å². The van der Waals surface area contributed by atoms with Gasteiger partial charge in [0.25, 0.3) is 0 Å². The molecular formula is C19H24O4. The molecule has 0 spiro atoms. The van der Waals surface area contributed by atoms with Crippen molar-refractivity contribution in [1.82, 2.24) is 0 Å². The molecule has 2 aromatic rings. The molecule has 0 aliphatic heterocycles. The van der Waals surface area contributed by atoms with Crippen molar-refractivity contribution < 1.29 is 19.3 Å². The highest BCUT2D eigenvalue weighted by molar-refractivity contribution is 5.48. The second kappa shape index (κ2) is 7.77. The molecule has 0 aliphatic carbocycles. The molecule has 0 aromatic heterocycles. The first-order valence-electron chi connectivity index (χ1n) is 7.76. The van der Waals surface area contributed by atoms with Crippen molar-refractivity contribution in [3.8, 4) is 23.0 Å². The Bertz CT molecular complexity index is 652. The van der Waals surface area contributed by atoms with Gasteiger partial charge in [-0.15, -0.1) is 0 Å². The van der Waals surface area contributed by atoms with E-state index in [-0.39, 0.29) is 11.7 Å². The van der Waals surface area contributed by atoms with E-state index in [9.17, 15) is 5.11 Å². The van der Waals surface area contributed by atoms with Crippen LogP contribution in [0.15, 0.2) is 36.4 Å². The molecule has 1 atom stereocenters. The van der Waals surface area contributed by atoms with E-state index < -0.39 is 0 Å². The van der Waals surface area contributed by atoms with E-state index in [1.54, 1.807) is 20.3 Å². The van der Waals surface area contributed by atoms with Crippen LogP contribution < -0.4 is 14.2 Å². The quantitative estimate of drug-likeness (QED) is 0.833. The number of hydrogen-bond acceptors (Lipinski definition) is 4. The third-order valence-corrected chi connectivity index (χ3v) is 3.85. The summed E-state index contributed by atoms with van der Waals surface area (Å²) in [6, 6.07) is 11.5. The fourth-order valence-electron chi connectivity index (χ4n) is 2.68. The Balaban J connectivity index is 2.22. The molecule has 0 bridgehead atoms. The number of para-hydroxylation sites is 1. The lowest BCUT2D eigenvalue weighted by Gasteiger charge is -2.17. The van der Waals surface area contributed by atoms with Crippen molar-refractivity contribution in [3.05, 3.63) is 47.5 Å². The van der Waals surface area contributed by atoms with E-state index in [0.717, 1.165) is 29.0 Å². The summed E-state index contributed by atoms with van der Waals surface area (Å²) in [5.74, 6) is 2.33. The van der Waals surface area contributed by atoms with Gasteiger partial charge in [0.1, 0.15) is 0 Å². The zero-order valence-electron chi connectivity index (χ0n) is 14.1. The molecule has 124 valence electrons. The summed E-state index contributed by atoms with van der Waals surface area (Å²) in [5.41, 5.74) is 2.00. The normalized spacial score (nSPS) is 11.8. The molecule has 0 amide bonds. The molecule has 1 N–H and O–H groups in total. The predicted octanol–water partition coefficient (Wildman–Crippen LogP) is 4.15. The highest BCUT2D eigenvalue weighted by Gasteiger charge is 2.15. The number of phenolic OH excluding ortho intramolecular Hbond substituents is 1. The molecule has 0 heterocycles. The maximum Gasteiger partial charge on any atom is 0.161 e. The fourth-order valence-corrected chi connectivity index (χ4v) is 2.68. The Morgan fingerprint density at radius 2 is 1.74 bits per heavy atom. The maximum atomic E-state index is 10.3. The van der Waals surface area contributed by atoms with Crippen LogP contribution in [-0.4, -0.2) is 25.9 Å². The van der Waals surface area contributed by atoms with Gasteiger partial charge in [0.05, 0.1) is 20.8 Å². The van der Waals surface area contributed by atoms with Gasteiger partial charge in [0.2, 0.25) is 0 Å². The van der Waals surface area contributed by atoms with Crippen molar-refractivity contribution in [2.75, 3.05) is 20.8 Å². The highest BCUT2D eigenvalue weighted by atomic mass is 16.5. The van der Waals surface area contributed by atoms with Gasteiger partial charge < -0.3 is 19.3 Å². The molecule has 4 heteroatoms. The Kier molecular flexibility index (Phi) is 5.74. The number of methoxy groups -OCH3 is 2. The first-order chi connectivity index (χ1) is 11.1. The summed E-state index contributed by atoms with van der Waals surface area (Å²) in [7, 11) is 3.19. The van der Waals surface area contributed by atoms with E-state index in [2.05, 4.69) is 6.92 Å². The number of ether oxygens (including phenoxy) is 3. The summed E-state index contributed by atoms with van der Waals surface area (Å²) in [5, 5.41) is 10.3. The zero-order valence-corrected chi connectivity index (χ0v) is 14.1. The van der Waals surface area contributed by atoms with Crippen LogP contribution in [0.3, 0.4) is 0 Å². The van der Waals surface area contributed by atoms with Crippen LogP contribution >= 0.6 is 0 Å². The number of rotatable bonds is 7. The molecule has 0 saturated heterocycles. The minimum atomic E-state index is 0.146. The van der Waals surface area contributed by atoms with E-state index >= 15 is 0 Å². The topological polar surface area (TPSA) is 47.9 Å². The van der Waals surface area contributed by atoms with Gasteiger partial charge in [0.15, 0.2) is 23.0 Å². The molecular weight excluding hydrogens is 292 g/mol.